The lowest BCUT2D eigenvalue weighted by molar-refractivity contribution is 0.0703. The van der Waals surface area contributed by atoms with Gasteiger partial charge in [-0.05, 0) is 56.0 Å². The fourth-order valence-electron chi connectivity index (χ4n) is 5.75. The van der Waals surface area contributed by atoms with Gasteiger partial charge >= 0.3 is 12.1 Å². The monoisotopic (exact) mass is 617 g/mol. The number of ether oxygens (including phenoxy) is 1. The van der Waals surface area contributed by atoms with Crippen LogP contribution in [-0.2, 0) is 14.8 Å². The van der Waals surface area contributed by atoms with Crippen LogP contribution >= 0.6 is 22.9 Å². The van der Waals surface area contributed by atoms with Crippen molar-refractivity contribution in [3.63, 3.8) is 0 Å². The number of nitrogens with zero attached hydrogens (tertiary/aromatic N) is 2. The predicted molar refractivity (Wildman–Crippen MR) is 161 cm³/mol. The molecule has 2 aromatic carbocycles. The number of carboxylic acids is 1. The van der Waals surface area contributed by atoms with Crippen molar-refractivity contribution in [3.05, 3.63) is 58.4 Å². The van der Waals surface area contributed by atoms with E-state index in [0.29, 0.717) is 22.7 Å². The van der Waals surface area contributed by atoms with E-state index in [1.165, 1.54) is 16.4 Å². The topological polar surface area (TPSA) is 116 Å². The molecule has 0 spiro atoms. The molecule has 1 fully saturated rings. The maximum atomic E-state index is 14.2. The Morgan fingerprint density at radius 2 is 1.83 bits per heavy atom. The van der Waals surface area contributed by atoms with Crippen LogP contribution in [0.25, 0.3) is 10.4 Å². The van der Waals surface area contributed by atoms with Crippen molar-refractivity contribution < 1.29 is 27.9 Å². The van der Waals surface area contributed by atoms with Gasteiger partial charge < -0.3 is 14.7 Å². The van der Waals surface area contributed by atoms with Crippen molar-refractivity contribution in [1.29, 1.82) is 0 Å². The number of carbonyl (C=O) groups is 2. The van der Waals surface area contributed by atoms with Gasteiger partial charge in [-0.25, -0.2) is 18.0 Å². The summed E-state index contributed by atoms with van der Waals surface area (Å²) in [4.78, 5) is 26.4. The Bertz CT molecular complexity index is 1550. The summed E-state index contributed by atoms with van der Waals surface area (Å²) in [6, 6.07) is 14.1. The molecule has 0 radical (unpaired) electrons. The van der Waals surface area contributed by atoms with Crippen molar-refractivity contribution in [2.75, 3.05) is 30.4 Å². The van der Waals surface area contributed by atoms with E-state index in [0.717, 1.165) is 49.1 Å². The van der Waals surface area contributed by atoms with Gasteiger partial charge in [-0.1, -0.05) is 49.1 Å². The Labute approximate surface area is 248 Å². The predicted octanol–water partition coefficient (Wildman–Crippen LogP) is 7.06. The van der Waals surface area contributed by atoms with Gasteiger partial charge in [-0.3, -0.25) is 5.32 Å². The van der Waals surface area contributed by atoms with Crippen molar-refractivity contribution in [3.8, 4) is 10.4 Å². The molecule has 5 rings (SSSR count). The average molecular weight is 618 g/mol. The molecule has 1 aliphatic heterocycles. The lowest BCUT2D eigenvalue weighted by Gasteiger charge is -2.36. The van der Waals surface area contributed by atoms with Crippen LogP contribution in [0.4, 0.5) is 21.9 Å². The smallest absolute Gasteiger partial charge is 0.411 e. The molecule has 9 nitrogen and oxygen atoms in total. The summed E-state index contributed by atoms with van der Waals surface area (Å²) < 4.78 is 34.9. The molecule has 2 aliphatic rings. The van der Waals surface area contributed by atoms with E-state index in [1.54, 1.807) is 20.0 Å². The number of carbonyl (C=O) groups excluding carboxylic acids is 1. The van der Waals surface area contributed by atoms with E-state index < -0.39 is 22.1 Å². The third-order valence-electron chi connectivity index (χ3n) is 7.80. The number of carboxylic acid groups (broad SMARTS) is 1. The summed E-state index contributed by atoms with van der Waals surface area (Å²) in [5, 5.41) is 12.5. The first kappa shape index (κ1) is 29.4. The van der Waals surface area contributed by atoms with E-state index in [9.17, 15) is 23.1 Å². The van der Waals surface area contributed by atoms with Crippen LogP contribution < -0.4 is 10.2 Å². The van der Waals surface area contributed by atoms with Gasteiger partial charge in [0.1, 0.15) is 9.77 Å². The highest BCUT2D eigenvalue weighted by Gasteiger charge is 2.41. The second-order valence-corrected chi connectivity index (χ2v) is 13.7. The number of hydrogen-bond acceptors (Lipinski definition) is 7. The van der Waals surface area contributed by atoms with E-state index in [1.807, 2.05) is 35.2 Å². The summed E-state index contributed by atoms with van der Waals surface area (Å²) in [7, 11) is -2.31. The molecule has 1 amide bonds. The van der Waals surface area contributed by atoms with Crippen LogP contribution in [0.15, 0.2) is 53.4 Å². The lowest BCUT2D eigenvalue weighted by Crippen LogP contribution is -2.46. The molecule has 1 aliphatic carbocycles. The second-order valence-electron chi connectivity index (χ2n) is 10.2. The zero-order chi connectivity index (χ0) is 29.3. The summed E-state index contributed by atoms with van der Waals surface area (Å²) in [6.07, 6.45) is 4.47. The Balaban J connectivity index is 1.66. The van der Waals surface area contributed by atoms with Crippen LogP contribution in [0, 0.1) is 5.92 Å². The fraction of sp³-hybridized carbons (Fsp3) is 0.379. The van der Waals surface area contributed by atoms with Gasteiger partial charge in [0.05, 0.1) is 23.0 Å². The largest absolute Gasteiger partial charge is 0.477 e. The number of likely N-dealkylation sites (N-methyl/N-ethyl adjacent to an activating group) is 1. The van der Waals surface area contributed by atoms with Crippen LogP contribution in [0.5, 0.6) is 0 Å². The first-order valence-electron chi connectivity index (χ1n) is 13.6. The zero-order valence-corrected chi connectivity index (χ0v) is 25.2. The molecular formula is C29H32ClN3O6S2. The minimum absolute atomic E-state index is 0.0465. The van der Waals surface area contributed by atoms with Gasteiger partial charge in [0.2, 0.25) is 10.0 Å². The molecule has 218 valence electrons. The standard InChI is InChI=1S/C29H32ClN3O6S2/c1-3-39-29(36)31-22-16-25(40-27(22)28(34)35)20-14-26-23(15-21(20)30)33(19-12-8-5-9-13-19)17-24(32(2)41(26,37)38)18-10-6-4-7-11-18/h5,8-9,12-16,18,24H,3-4,6-7,10-11,17H2,1-2H3,(H,31,36)(H,34,35)/t24-/m0/s1. The molecule has 3 aromatic rings. The number of para-hydroxylation sites is 1. The number of nitrogens with one attached hydrogen (secondary N) is 1. The number of rotatable bonds is 6. The third-order valence-corrected chi connectivity index (χ3v) is 11.2. The van der Waals surface area contributed by atoms with E-state index in [-0.39, 0.29) is 39.0 Å². The van der Waals surface area contributed by atoms with Gasteiger partial charge in [0, 0.05) is 35.8 Å². The van der Waals surface area contributed by atoms with Gasteiger partial charge in [0.15, 0.2) is 0 Å². The quantitative estimate of drug-likeness (QED) is 0.304. The summed E-state index contributed by atoms with van der Waals surface area (Å²) in [5.74, 6) is -1.01. The Hall–Kier alpha value is -3.12. The van der Waals surface area contributed by atoms with Gasteiger partial charge in [-0.2, -0.15) is 4.31 Å². The maximum absolute atomic E-state index is 14.2. The number of hydrogen-bond donors (Lipinski definition) is 2. The number of halogens is 1. The first-order chi connectivity index (χ1) is 19.6. The number of benzene rings is 2. The molecule has 1 saturated carbocycles. The van der Waals surface area contributed by atoms with E-state index in [2.05, 4.69) is 5.32 Å². The van der Waals surface area contributed by atoms with E-state index in [4.69, 9.17) is 16.3 Å². The van der Waals surface area contributed by atoms with Gasteiger partial charge in [-0.15, -0.1) is 11.3 Å². The van der Waals surface area contributed by atoms with Crippen LogP contribution in [-0.4, -0.2) is 56.1 Å². The number of aromatic carboxylic acids is 1. The van der Waals surface area contributed by atoms with Crippen molar-refractivity contribution in [2.45, 2.75) is 50.0 Å². The first-order valence-corrected chi connectivity index (χ1v) is 16.2. The molecule has 12 heteroatoms. The molecule has 0 saturated heterocycles. The molecule has 2 N–H and O–H groups in total. The summed E-state index contributed by atoms with van der Waals surface area (Å²) >= 11 is 7.72. The summed E-state index contributed by atoms with van der Waals surface area (Å²) in [5.41, 5.74) is 1.73. The SMILES string of the molecule is CCOC(=O)Nc1cc(-c2cc3c(cc2Cl)N(c2ccccc2)C[C@@H](C2CCCCC2)N(C)S3(=O)=O)sc1C(=O)O. The zero-order valence-electron chi connectivity index (χ0n) is 22.8. The molecule has 1 aromatic heterocycles. The van der Waals surface area contributed by atoms with Crippen LogP contribution in [0.1, 0.15) is 48.7 Å². The van der Waals surface area contributed by atoms with Crippen molar-refractivity contribution >= 4 is 62.1 Å². The Morgan fingerprint density at radius 3 is 2.49 bits per heavy atom. The molecule has 2 heterocycles. The van der Waals surface area contributed by atoms with Crippen molar-refractivity contribution in [2.24, 2.45) is 5.92 Å². The van der Waals surface area contributed by atoms with Crippen LogP contribution in [0.2, 0.25) is 5.02 Å². The highest BCUT2D eigenvalue weighted by molar-refractivity contribution is 7.89. The number of sulfonamides is 1. The molecule has 1 atom stereocenters. The number of anilines is 3. The minimum Gasteiger partial charge on any atom is -0.477 e. The van der Waals surface area contributed by atoms with Crippen LogP contribution in [0.3, 0.4) is 0 Å². The average Bonchev–Trinajstić information content (AvgIpc) is 3.34. The Kier molecular flexibility index (Phi) is 8.60. The normalized spacial score (nSPS) is 19.3. The van der Waals surface area contributed by atoms with Gasteiger partial charge in [0.25, 0.3) is 0 Å². The molecule has 41 heavy (non-hydrogen) atoms. The number of fused-ring (bicyclic) bond motifs is 1. The highest BCUT2D eigenvalue weighted by Crippen LogP contribution is 2.46. The maximum Gasteiger partial charge on any atom is 0.411 e. The number of thiophene rings is 1. The molecule has 0 unspecified atom stereocenters. The summed E-state index contributed by atoms with van der Waals surface area (Å²) in [6.45, 7) is 2.23. The van der Waals surface area contributed by atoms with Crippen molar-refractivity contribution in [1.82, 2.24) is 4.31 Å². The lowest BCUT2D eigenvalue weighted by atomic mass is 9.83. The Morgan fingerprint density at radius 1 is 1.12 bits per heavy atom. The molecule has 0 bridgehead atoms. The third kappa shape index (κ3) is 5.81. The molecular weight excluding hydrogens is 586 g/mol. The van der Waals surface area contributed by atoms with E-state index >= 15 is 0 Å². The fourth-order valence-corrected chi connectivity index (χ4v) is 8.66. The number of amides is 1. The minimum atomic E-state index is -3.96. The second kappa shape index (κ2) is 12.0. The highest BCUT2D eigenvalue weighted by atomic mass is 35.5.